The third kappa shape index (κ3) is 5.61. The highest BCUT2D eigenvalue weighted by Gasteiger charge is 1.83. The topological polar surface area (TPSA) is 0 Å². The van der Waals surface area contributed by atoms with Crippen molar-refractivity contribution in [2.45, 2.75) is 33.6 Å². The lowest BCUT2D eigenvalue weighted by Gasteiger charge is -1.94. The molecule has 0 unspecified atom stereocenters. The van der Waals surface area contributed by atoms with Crippen LogP contribution in [-0.4, -0.2) is 0 Å². The Morgan fingerprint density at radius 2 is 1.80 bits per heavy atom. The first kappa shape index (κ1) is 9.48. The Morgan fingerprint density at radius 1 is 1.20 bits per heavy atom. The smallest absolute Gasteiger partial charge is 0.0139 e. The molecule has 0 aliphatic rings. The molecule has 0 bridgehead atoms. The normalized spacial score (nSPS) is 11.4. The van der Waals surface area contributed by atoms with Crippen molar-refractivity contribution in [3.8, 4) is 0 Å². The summed E-state index contributed by atoms with van der Waals surface area (Å²) in [5.74, 6) is 0. The van der Waals surface area contributed by atoms with Crippen LogP contribution in [0.3, 0.4) is 0 Å². The summed E-state index contributed by atoms with van der Waals surface area (Å²) in [5.41, 5.74) is 2.80. The van der Waals surface area contributed by atoms with E-state index in [0.717, 1.165) is 12.8 Å². The maximum absolute atomic E-state index is 3.76. The van der Waals surface area contributed by atoms with Crippen LogP contribution in [0.4, 0.5) is 0 Å². The van der Waals surface area contributed by atoms with Gasteiger partial charge in [-0.25, -0.2) is 0 Å². The highest BCUT2D eigenvalue weighted by atomic mass is 13.9. The van der Waals surface area contributed by atoms with Crippen molar-refractivity contribution in [3.05, 3.63) is 30.2 Å². The summed E-state index contributed by atoms with van der Waals surface area (Å²) in [6.45, 7) is 10.1. The van der Waals surface area contributed by atoms with Gasteiger partial charge in [-0.2, -0.15) is 0 Å². The van der Waals surface area contributed by atoms with Gasteiger partial charge in [0.15, 0.2) is 0 Å². The van der Waals surface area contributed by atoms with Crippen molar-refractivity contribution in [2.75, 3.05) is 0 Å². The van der Waals surface area contributed by atoms with E-state index in [1.807, 2.05) is 0 Å². The van der Waals surface area contributed by atoms with Crippen LogP contribution in [0.25, 0.3) is 0 Å². The van der Waals surface area contributed by atoms with Gasteiger partial charge >= 0.3 is 0 Å². The summed E-state index contributed by atoms with van der Waals surface area (Å²) >= 11 is 0. The zero-order chi connectivity index (χ0) is 7.98. The molecule has 0 atom stereocenters. The van der Waals surface area contributed by atoms with E-state index in [9.17, 15) is 0 Å². The summed E-state index contributed by atoms with van der Waals surface area (Å²) < 4.78 is 0. The van der Waals surface area contributed by atoms with E-state index in [1.165, 1.54) is 11.1 Å². The number of hydrogen-bond acceptors (Lipinski definition) is 0. The predicted molar refractivity (Wildman–Crippen MR) is 47.8 cm³/mol. The molecule has 0 aromatic rings. The minimum atomic E-state index is 0.905. The van der Waals surface area contributed by atoms with Gasteiger partial charge in [0.2, 0.25) is 0 Å². The molecule has 0 heterocycles. The molecule has 0 N–H and O–H groups in total. The summed E-state index contributed by atoms with van der Waals surface area (Å²) in [4.78, 5) is 0. The van der Waals surface area contributed by atoms with Gasteiger partial charge < -0.3 is 0 Å². The van der Waals surface area contributed by atoms with Gasteiger partial charge in [-0.05, 0) is 40.5 Å². The molecule has 0 aromatic heterocycles. The quantitative estimate of drug-likeness (QED) is 0.522. The number of hydrogen-bond donors (Lipinski definition) is 0. The first-order valence-electron chi connectivity index (χ1n) is 3.75. The Labute approximate surface area is 64.6 Å². The average molecular weight is 137 g/mol. The van der Waals surface area contributed by atoms with Crippen LogP contribution in [0.5, 0.6) is 0 Å². The maximum atomic E-state index is 3.76. The molecule has 57 valence electrons. The van der Waals surface area contributed by atoms with Gasteiger partial charge in [0.05, 0.1) is 0 Å². The molecule has 0 amide bonds. The Kier molecular flexibility index (Phi) is 5.00. The van der Waals surface area contributed by atoms with Crippen molar-refractivity contribution in [1.82, 2.24) is 0 Å². The van der Waals surface area contributed by atoms with E-state index in [2.05, 4.69) is 39.8 Å². The van der Waals surface area contributed by atoms with Crippen LogP contribution in [0.2, 0.25) is 0 Å². The van der Waals surface area contributed by atoms with Gasteiger partial charge in [0.1, 0.15) is 0 Å². The summed E-state index contributed by atoms with van der Waals surface area (Å²) in [6, 6.07) is 0. The Bertz CT molecular complexity index is 134. The van der Waals surface area contributed by atoms with E-state index in [1.54, 1.807) is 0 Å². The molecule has 0 aliphatic carbocycles. The third-order valence-electron chi connectivity index (χ3n) is 1.33. The monoisotopic (exact) mass is 137 g/mol. The standard InChI is InChI=1S/C10H17/c1-5-6-10(4)8-7-9(2)3/h6-7H,1,5,8H2,2-4H3/b10-6+. The SMILES string of the molecule is [CH2]C/C=C(\C)CC=C(C)C. The van der Waals surface area contributed by atoms with E-state index >= 15 is 0 Å². The second-order valence-corrected chi connectivity index (χ2v) is 2.82. The molecule has 0 rings (SSSR count). The fraction of sp³-hybridized carbons (Fsp3) is 0.500. The lowest BCUT2D eigenvalue weighted by Crippen LogP contribution is -1.73. The number of allylic oxidation sites excluding steroid dienone is 4. The average Bonchev–Trinajstić information content (AvgIpc) is 1.85. The van der Waals surface area contributed by atoms with E-state index < -0.39 is 0 Å². The molecule has 0 fully saturated rings. The molecule has 0 heteroatoms. The molecular weight excluding hydrogens is 120 g/mol. The molecule has 0 saturated heterocycles. The predicted octanol–water partition coefficient (Wildman–Crippen LogP) is 3.51. The van der Waals surface area contributed by atoms with Gasteiger partial charge in [0.25, 0.3) is 0 Å². The molecule has 0 aromatic carbocycles. The molecule has 0 saturated carbocycles. The second kappa shape index (κ2) is 5.28. The highest BCUT2D eigenvalue weighted by molar-refractivity contribution is 5.07. The fourth-order valence-corrected chi connectivity index (χ4v) is 0.695. The van der Waals surface area contributed by atoms with Gasteiger partial charge in [-0.3, -0.25) is 0 Å². The zero-order valence-corrected chi connectivity index (χ0v) is 7.28. The van der Waals surface area contributed by atoms with Crippen LogP contribution >= 0.6 is 0 Å². The van der Waals surface area contributed by atoms with Crippen molar-refractivity contribution in [3.63, 3.8) is 0 Å². The molecule has 10 heavy (non-hydrogen) atoms. The summed E-state index contributed by atoms with van der Waals surface area (Å²) in [7, 11) is 0. The Hall–Kier alpha value is -0.520. The number of rotatable bonds is 3. The summed E-state index contributed by atoms with van der Waals surface area (Å²) in [5, 5.41) is 0. The first-order chi connectivity index (χ1) is 4.66. The molecule has 0 aliphatic heterocycles. The van der Waals surface area contributed by atoms with Crippen molar-refractivity contribution >= 4 is 0 Å². The molecule has 0 nitrogen and oxygen atoms in total. The molecule has 0 spiro atoms. The zero-order valence-electron chi connectivity index (χ0n) is 7.28. The maximum Gasteiger partial charge on any atom is -0.0139 e. The van der Waals surface area contributed by atoms with Gasteiger partial charge in [-0.15, -0.1) is 0 Å². The Morgan fingerprint density at radius 3 is 2.20 bits per heavy atom. The summed E-state index contributed by atoms with van der Waals surface area (Å²) in [6.07, 6.45) is 6.39. The van der Waals surface area contributed by atoms with Crippen molar-refractivity contribution in [2.24, 2.45) is 0 Å². The van der Waals surface area contributed by atoms with Crippen molar-refractivity contribution in [1.29, 1.82) is 0 Å². The lowest BCUT2D eigenvalue weighted by molar-refractivity contribution is 1.14. The largest absolute Gasteiger partial charge is 0.0853 e. The van der Waals surface area contributed by atoms with Crippen LogP contribution in [0.1, 0.15) is 33.6 Å². The van der Waals surface area contributed by atoms with E-state index in [-0.39, 0.29) is 0 Å². The Balaban J connectivity index is 3.69. The van der Waals surface area contributed by atoms with Crippen LogP contribution in [0.15, 0.2) is 23.3 Å². The second-order valence-electron chi connectivity index (χ2n) is 2.82. The van der Waals surface area contributed by atoms with E-state index in [4.69, 9.17) is 0 Å². The van der Waals surface area contributed by atoms with Gasteiger partial charge in [0, 0.05) is 0 Å². The van der Waals surface area contributed by atoms with Crippen LogP contribution in [-0.2, 0) is 0 Å². The lowest BCUT2D eigenvalue weighted by atomic mass is 10.1. The highest BCUT2D eigenvalue weighted by Crippen LogP contribution is 2.04. The molecular formula is C10H17. The van der Waals surface area contributed by atoms with E-state index in [0.29, 0.717) is 0 Å². The minimum absolute atomic E-state index is 0.905. The van der Waals surface area contributed by atoms with Crippen LogP contribution in [0, 0.1) is 6.92 Å². The molecule has 1 radical (unpaired) electrons. The third-order valence-corrected chi connectivity index (χ3v) is 1.33. The first-order valence-corrected chi connectivity index (χ1v) is 3.75. The minimum Gasteiger partial charge on any atom is -0.0853 e. The van der Waals surface area contributed by atoms with Crippen LogP contribution < -0.4 is 0 Å². The van der Waals surface area contributed by atoms with Crippen molar-refractivity contribution < 1.29 is 0 Å². The van der Waals surface area contributed by atoms with Gasteiger partial charge in [-0.1, -0.05) is 23.3 Å². The fourth-order valence-electron chi connectivity index (χ4n) is 0.695.